The Morgan fingerprint density at radius 2 is 1.62 bits per heavy atom. The van der Waals surface area contributed by atoms with E-state index in [1.807, 2.05) is 11.8 Å². The Morgan fingerprint density at radius 3 is 2.31 bits per heavy atom. The zero-order valence-corrected chi connectivity index (χ0v) is 25.9. The van der Waals surface area contributed by atoms with Crippen molar-refractivity contribution >= 4 is 44.1 Å². The highest BCUT2D eigenvalue weighted by Gasteiger charge is 2.32. The van der Waals surface area contributed by atoms with E-state index in [9.17, 15) is 0 Å². The van der Waals surface area contributed by atoms with Crippen molar-refractivity contribution in [3.8, 4) is 11.3 Å². The summed E-state index contributed by atoms with van der Waals surface area (Å²) in [5.41, 5.74) is 8.86. The van der Waals surface area contributed by atoms with Gasteiger partial charge in [-0.1, -0.05) is 96.6 Å². The van der Waals surface area contributed by atoms with Crippen molar-refractivity contribution in [1.29, 1.82) is 0 Å². The zero-order chi connectivity index (χ0) is 27.8. The van der Waals surface area contributed by atoms with Gasteiger partial charge in [-0.3, -0.25) is 0 Å². The van der Waals surface area contributed by atoms with Crippen LogP contribution in [0.25, 0.3) is 43.6 Å². The Bertz CT molecular complexity index is 1780. The van der Waals surface area contributed by atoms with Crippen molar-refractivity contribution in [2.45, 2.75) is 83.9 Å². The third-order valence-corrected chi connectivity index (χ3v) is 9.57. The van der Waals surface area contributed by atoms with Crippen molar-refractivity contribution in [1.82, 2.24) is 0 Å². The lowest BCUT2D eigenvalue weighted by Gasteiger charge is -2.26. The standard InChI is InChI=1S/C37H42NS/c1-21(2)16-31-27-13-10-24(20-37(6,7)8)17-29(27)23(5)33-35-34-28(14-15-38(35)9)30-18-25(22(3)4)11-12-26(30)19-32(34)39-36(31)33/h10-15,17-19,21-22H,16,20H2,1-9H3/q+1. The van der Waals surface area contributed by atoms with Gasteiger partial charge in [-0.25, -0.2) is 4.57 Å². The van der Waals surface area contributed by atoms with Crippen LogP contribution in [0, 0.1) is 18.3 Å². The molecule has 2 heterocycles. The average Bonchev–Trinajstić information content (AvgIpc) is 2.86. The minimum atomic E-state index is 0.263. The number of rotatable bonds is 4. The number of benzene rings is 4. The van der Waals surface area contributed by atoms with Crippen LogP contribution in [0.2, 0.25) is 0 Å². The van der Waals surface area contributed by atoms with Crippen molar-refractivity contribution in [2.75, 3.05) is 0 Å². The summed E-state index contributed by atoms with van der Waals surface area (Å²) in [6, 6.07) is 19.2. The van der Waals surface area contributed by atoms with Gasteiger partial charge in [-0.2, -0.15) is 0 Å². The summed E-state index contributed by atoms with van der Waals surface area (Å²) in [6.45, 7) is 18.7. The third-order valence-electron chi connectivity index (χ3n) is 8.38. The second-order valence-corrected chi connectivity index (χ2v) is 14.8. The highest BCUT2D eigenvalue weighted by Crippen LogP contribution is 2.53. The van der Waals surface area contributed by atoms with Gasteiger partial charge in [0.2, 0.25) is 5.69 Å². The predicted molar refractivity (Wildman–Crippen MR) is 170 cm³/mol. The van der Waals surface area contributed by atoms with Gasteiger partial charge in [0, 0.05) is 21.2 Å². The van der Waals surface area contributed by atoms with Crippen molar-refractivity contribution < 1.29 is 4.57 Å². The lowest BCUT2D eigenvalue weighted by molar-refractivity contribution is -0.659. The summed E-state index contributed by atoms with van der Waals surface area (Å²) in [4.78, 5) is 2.85. The van der Waals surface area contributed by atoms with Crippen LogP contribution in [0.15, 0.2) is 64.5 Å². The Kier molecular flexibility index (Phi) is 6.34. The summed E-state index contributed by atoms with van der Waals surface area (Å²) in [6.07, 6.45) is 4.46. The minimum absolute atomic E-state index is 0.263. The summed E-state index contributed by atoms with van der Waals surface area (Å²) >= 11 is 2.01. The number of nitrogens with zero attached hydrogens (tertiary/aromatic N) is 1. The Hall–Kier alpha value is -2.84. The molecule has 0 fully saturated rings. The van der Waals surface area contributed by atoms with Crippen LogP contribution in [0.1, 0.15) is 76.6 Å². The first kappa shape index (κ1) is 26.4. The van der Waals surface area contributed by atoms with Crippen LogP contribution < -0.4 is 4.57 Å². The molecule has 200 valence electrons. The van der Waals surface area contributed by atoms with Crippen LogP contribution >= 0.6 is 11.8 Å². The number of hydrogen-bond donors (Lipinski definition) is 0. The summed E-state index contributed by atoms with van der Waals surface area (Å²) in [7, 11) is 2.23. The van der Waals surface area contributed by atoms with Gasteiger partial charge in [0.15, 0.2) is 6.20 Å². The van der Waals surface area contributed by atoms with Crippen LogP contribution in [-0.2, 0) is 19.9 Å². The lowest BCUT2D eigenvalue weighted by atomic mass is 9.84. The molecule has 4 aromatic carbocycles. The maximum atomic E-state index is 2.50. The van der Waals surface area contributed by atoms with Crippen LogP contribution in [0.3, 0.4) is 0 Å². The van der Waals surface area contributed by atoms with Gasteiger partial charge in [0.25, 0.3) is 0 Å². The van der Waals surface area contributed by atoms with E-state index in [4.69, 9.17) is 0 Å². The van der Waals surface area contributed by atoms with Crippen molar-refractivity contribution in [2.24, 2.45) is 18.4 Å². The fourth-order valence-corrected chi connectivity index (χ4v) is 7.98. The fraction of sp³-hybridized carbons (Fsp3) is 0.378. The highest BCUT2D eigenvalue weighted by molar-refractivity contribution is 8.00. The van der Waals surface area contributed by atoms with E-state index in [0.29, 0.717) is 11.8 Å². The molecule has 1 aliphatic rings. The molecule has 0 aliphatic carbocycles. The van der Waals surface area contributed by atoms with E-state index in [-0.39, 0.29) is 5.41 Å². The molecule has 0 amide bonds. The fourth-order valence-electron chi connectivity index (χ4n) is 6.59. The first-order valence-electron chi connectivity index (χ1n) is 14.6. The monoisotopic (exact) mass is 532 g/mol. The molecule has 6 rings (SSSR count). The van der Waals surface area contributed by atoms with Gasteiger partial charge in [0.05, 0.1) is 10.9 Å². The van der Waals surface area contributed by atoms with Gasteiger partial charge in [-0.05, 0) is 86.9 Å². The lowest BCUT2D eigenvalue weighted by Crippen LogP contribution is -2.32. The average molecular weight is 533 g/mol. The number of aryl methyl sites for hydroxylation is 2. The second kappa shape index (κ2) is 9.37. The third kappa shape index (κ3) is 4.45. The molecule has 1 aliphatic heterocycles. The first-order valence-corrected chi connectivity index (χ1v) is 15.4. The van der Waals surface area contributed by atoms with E-state index in [1.165, 1.54) is 75.6 Å². The molecule has 2 heteroatoms. The van der Waals surface area contributed by atoms with E-state index in [2.05, 4.69) is 122 Å². The van der Waals surface area contributed by atoms with Crippen LogP contribution in [-0.4, -0.2) is 0 Å². The summed E-state index contributed by atoms with van der Waals surface area (Å²) in [5, 5.41) is 8.37. The zero-order valence-electron chi connectivity index (χ0n) is 25.1. The Labute approximate surface area is 238 Å². The van der Waals surface area contributed by atoms with E-state index >= 15 is 0 Å². The first-order chi connectivity index (χ1) is 18.4. The largest absolute Gasteiger partial charge is 0.222 e. The van der Waals surface area contributed by atoms with Crippen LogP contribution in [0.4, 0.5) is 0 Å². The van der Waals surface area contributed by atoms with Gasteiger partial charge >= 0.3 is 0 Å². The second-order valence-electron chi connectivity index (χ2n) is 13.7. The smallest absolute Gasteiger partial charge is 0.200 e. The molecular formula is C37H42NS+. The summed E-state index contributed by atoms with van der Waals surface area (Å²) in [5.74, 6) is 1.10. The molecule has 0 radical (unpaired) electrons. The van der Waals surface area contributed by atoms with Crippen molar-refractivity contribution in [3.05, 3.63) is 77.0 Å². The quantitative estimate of drug-likeness (QED) is 0.161. The number of hydrogen-bond acceptors (Lipinski definition) is 1. The minimum Gasteiger partial charge on any atom is -0.200 e. The number of fused-ring (bicyclic) bond motifs is 5. The summed E-state index contributed by atoms with van der Waals surface area (Å²) < 4.78 is 2.37. The molecule has 0 spiro atoms. The Morgan fingerprint density at radius 1 is 0.846 bits per heavy atom. The maximum Gasteiger partial charge on any atom is 0.222 e. The van der Waals surface area contributed by atoms with Gasteiger partial charge in [0.1, 0.15) is 7.05 Å². The number of pyridine rings is 1. The molecule has 0 unspecified atom stereocenters. The van der Waals surface area contributed by atoms with E-state index in [1.54, 1.807) is 0 Å². The molecule has 5 aromatic rings. The molecule has 39 heavy (non-hydrogen) atoms. The maximum absolute atomic E-state index is 2.50. The van der Waals surface area contributed by atoms with Crippen molar-refractivity contribution in [3.63, 3.8) is 0 Å². The predicted octanol–water partition coefficient (Wildman–Crippen LogP) is 10.3. The van der Waals surface area contributed by atoms with Gasteiger partial charge < -0.3 is 0 Å². The molecular weight excluding hydrogens is 490 g/mol. The van der Waals surface area contributed by atoms with Gasteiger partial charge in [-0.15, -0.1) is 0 Å². The van der Waals surface area contributed by atoms with E-state index < -0.39 is 0 Å². The SMILES string of the molecule is Cc1c2c(c(CC(C)C)c3ccc(CC(C)(C)C)cc13)Sc1cc3ccc(C(C)C)cc3c3cc[n+](C)c-2c13. The number of aromatic nitrogens is 1. The van der Waals surface area contributed by atoms with Crippen LogP contribution in [0.5, 0.6) is 0 Å². The molecule has 1 aromatic heterocycles. The Balaban J connectivity index is 1.73. The molecule has 0 atom stereocenters. The molecule has 0 N–H and O–H groups in total. The molecule has 0 saturated carbocycles. The molecule has 0 saturated heterocycles. The van der Waals surface area contributed by atoms with E-state index in [0.717, 1.165) is 12.8 Å². The molecule has 1 nitrogen and oxygen atoms in total. The highest BCUT2D eigenvalue weighted by atomic mass is 32.2. The normalized spacial score (nSPS) is 13.3. The molecule has 0 bridgehead atoms. The topological polar surface area (TPSA) is 3.88 Å².